The zero-order chi connectivity index (χ0) is 13.7. The molecule has 0 spiro atoms. The number of nitrogens with one attached hydrogen (secondary N) is 1. The lowest BCUT2D eigenvalue weighted by Gasteiger charge is -2.20. The summed E-state index contributed by atoms with van der Waals surface area (Å²) in [4.78, 5) is 12.1. The quantitative estimate of drug-likeness (QED) is 0.851. The predicted octanol–water partition coefficient (Wildman–Crippen LogP) is 3.03. The van der Waals surface area contributed by atoms with Gasteiger partial charge in [-0.2, -0.15) is 0 Å². The summed E-state index contributed by atoms with van der Waals surface area (Å²) in [6, 6.07) is 17.4. The van der Waals surface area contributed by atoms with Crippen molar-refractivity contribution in [1.82, 2.24) is 5.43 Å². The fraction of sp³-hybridized carbons (Fsp3) is 0.188. The van der Waals surface area contributed by atoms with Gasteiger partial charge in [-0.05, 0) is 36.2 Å². The highest BCUT2D eigenvalue weighted by Gasteiger charge is 2.08. The zero-order valence-electron chi connectivity index (χ0n) is 11.3. The highest BCUT2D eigenvalue weighted by Crippen LogP contribution is 2.10. The molecule has 0 aromatic heterocycles. The average Bonchev–Trinajstić information content (AvgIpc) is 2.48. The number of anilines is 1. The van der Waals surface area contributed by atoms with Crippen LogP contribution in [0.2, 0.25) is 0 Å². The van der Waals surface area contributed by atoms with Gasteiger partial charge in [-0.15, -0.1) is 0 Å². The van der Waals surface area contributed by atoms with Crippen LogP contribution in [-0.2, 0) is 6.42 Å². The summed E-state index contributed by atoms with van der Waals surface area (Å²) >= 11 is 0. The number of rotatable bonds is 4. The third-order valence-electron chi connectivity index (χ3n) is 3.04. The van der Waals surface area contributed by atoms with Gasteiger partial charge in [0.05, 0.1) is 5.69 Å². The van der Waals surface area contributed by atoms with Gasteiger partial charge in [-0.25, -0.2) is 0 Å². The first-order chi connectivity index (χ1) is 9.20. The molecule has 0 heterocycles. The van der Waals surface area contributed by atoms with Gasteiger partial charge in [-0.3, -0.25) is 15.2 Å². The topological polar surface area (TPSA) is 32.3 Å². The lowest BCUT2D eigenvalue weighted by Crippen LogP contribution is -2.39. The van der Waals surface area contributed by atoms with E-state index in [1.165, 1.54) is 5.56 Å². The predicted molar refractivity (Wildman–Crippen MR) is 78.1 cm³/mol. The van der Waals surface area contributed by atoms with E-state index in [-0.39, 0.29) is 5.91 Å². The summed E-state index contributed by atoms with van der Waals surface area (Å²) in [5, 5.41) is 1.72. The zero-order valence-corrected chi connectivity index (χ0v) is 11.3. The molecular weight excluding hydrogens is 236 g/mol. The largest absolute Gasteiger partial charge is 0.288 e. The lowest BCUT2D eigenvalue weighted by atomic mass is 10.1. The van der Waals surface area contributed by atoms with Crippen molar-refractivity contribution in [3.63, 3.8) is 0 Å². The first-order valence-corrected chi connectivity index (χ1v) is 6.39. The van der Waals surface area contributed by atoms with E-state index in [4.69, 9.17) is 0 Å². The third-order valence-corrected chi connectivity index (χ3v) is 3.04. The fourth-order valence-electron chi connectivity index (χ4n) is 1.82. The Kier molecular flexibility index (Phi) is 4.18. The monoisotopic (exact) mass is 254 g/mol. The number of para-hydroxylation sites is 1. The smallest absolute Gasteiger partial charge is 0.269 e. The lowest BCUT2D eigenvalue weighted by molar-refractivity contribution is 0.0951. The summed E-state index contributed by atoms with van der Waals surface area (Å²) in [7, 11) is 1.83. The molecule has 98 valence electrons. The van der Waals surface area contributed by atoms with Crippen LogP contribution in [0.5, 0.6) is 0 Å². The van der Waals surface area contributed by atoms with E-state index in [2.05, 4.69) is 12.3 Å². The molecule has 0 saturated carbocycles. The van der Waals surface area contributed by atoms with E-state index >= 15 is 0 Å². The number of carbonyl (C=O) groups is 1. The van der Waals surface area contributed by atoms with E-state index in [0.29, 0.717) is 5.56 Å². The van der Waals surface area contributed by atoms with Gasteiger partial charge in [0.2, 0.25) is 0 Å². The molecule has 0 aliphatic carbocycles. The van der Waals surface area contributed by atoms with Crippen LogP contribution in [0.3, 0.4) is 0 Å². The van der Waals surface area contributed by atoms with Crippen LogP contribution < -0.4 is 10.4 Å². The molecular formula is C16H18N2O. The van der Waals surface area contributed by atoms with Crippen molar-refractivity contribution in [1.29, 1.82) is 0 Å². The van der Waals surface area contributed by atoms with Gasteiger partial charge in [0.15, 0.2) is 0 Å². The van der Waals surface area contributed by atoms with Crippen LogP contribution in [0.25, 0.3) is 0 Å². The fourth-order valence-corrected chi connectivity index (χ4v) is 1.82. The summed E-state index contributed by atoms with van der Waals surface area (Å²) in [5.74, 6) is -0.103. The molecule has 0 aliphatic heterocycles. The second-order valence-electron chi connectivity index (χ2n) is 4.39. The maximum Gasteiger partial charge on any atom is 0.269 e. The van der Waals surface area contributed by atoms with Crippen LogP contribution in [0.1, 0.15) is 22.8 Å². The number of amides is 1. The van der Waals surface area contributed by atoms with Crippen molar-refractivity contribution >= 4 is 11.6 Å². The van der Waals surface area contributed by atoms with Gasteiger partial charge in [-0.1, -0.05) is 37.3 Å². The molecule has 2 aromatic carbocycles. The maximum atomic E-state index is 12.1. The number of nitrogens with zero attached hydrogens (tertiary/aromatic N) is 1. The van der Waals surface area contributed by atoms with Crippen molar-refractivity contribution in [2.75, 3.05) is 12.1 Å². The Morgan fingerprint density at radius 3 is 2.26 bits per heavy atom. The van der Waals surface area contributed by atoms with Crippen LogP contribution >= 0.6 is 0 Å². The van der Waals surface area contributed by atoms with Crippen molar-refractivity contribution in [3.05, 3.63) is 65.7 Å². The Morgan fingerprint density at radius 2 is 1.68 bits per heavy atom. The highest BCUT2D eigenvalue weighted by molar-refractivity contribution is 5.95. The number of carbonyl (C=O) groups excluding carboxylic acids is 1. The molecule has 19 heavy (non-hydrogen) atoms. The van der Waals surface area contributed by atoms with Gasteiger partial charge in [0, 0.05) is 12.6 Å². The summed E-state index contributed by atoms with van der Waals surface area (Å²) < 4.78 is 0. The summed E-state index contributed by atoms with van der Waals surface area (Å²) in [5.41, 5.74) is 5.69. The first-order valence-electron chi connectivity index (χ1n) is 6.39. The third kappa shape index (κ3) is 3.35. The highest BCUT2D eigenvalue weighted by atomic mass is 16.2. The van der Waals surface area contributed by atoms with Crippen LogP contribution in [0.15, 0.2) is 54.6 Å². The SMILES string of the molecule is CCc1ccc(C(=O)NN(C)c2ccccc2)cc1. The molecule has 0 bridgehead atoms. The molecule has 3 nitrogen and oxygen atoms in total. The molecule has 0 fully saturated rings. The normalized spacial score (nSPS) is 10.0. The van der Waals surface area contributed by atoms with Gasteiger partial charge in [0.25, 0.3) is 5.91 Å². The minimum Gasteiger partial charge on any atom is -0.288 e. The van der Waals surface area contributed by atoms with E-state index in [9.17, 15) is 4.79 Å². The van der Waals surface area contributed by atoms with Crippen LogP contribution in [0.4, 0.5) is 5.69 Å². The van der Waals surface area contributed by atoms with Gasteiger partial charge in [0.1, 0.15) is 0 Å². The van der Waals surface area contributed by atoms with Crippen LogP contribution in [-0.4, -0.2) is 13.0 Å². The Morgan fingerprint density at radius 1 is 1.05 bits per heavy atom. The summed E-state index contributed by atoms with van der Waals surface area (Å²) in [6.07, 6.45) is 0.978. The first kappa shape index (κ1) is 13.1. The molecule has 0 unspecified atom stereocenters. The van der Waals surface area contributed by atoms with Crippen LogP contribution in [0, 0.1) is 0 Å². The number of aryl methyl sites for hydroxylation is 1. The molecule has 0 radical (unpaired) electrons. The molecule has 0 saturated heterocycles. The molecule has 1 amide bonds. The average molecular weight is 254 g/mol. The molecule has 2 aromatic rings. The van der Waals surface area contributed by atoms with E-state index in [1.54, 1.807) is 5.01 Å². The molecule has 1 N–H and O–H groups in total. The van der Waals surface area contributed by atoms with Gasteiger partial charge >= 0.3 is 0 Å². The van der Waals surface area contributed by atoms with Gasteiger partial charge < -0.3 is 0 Å². The Bertz CT molecular complexity index is 534. The molecule has 2 rings (SSSR count). The van der Waals surface area contributed by atoms with Crippen molar-refractivity contribution in [3.8, 4) is 0 Å². The van der Waals surface area contributed by atoms with E-state index in [1.807, 2.05) is 61.6 Å². The van der Waals surface area contributed by atoms with E-state index in [0.717, 1.165) is 12.1 Å². The van der Waals surface area contributed by atoms with E-state index < -0.39 is 0 Å². The summed E-state index contributed by atoms with van der Waals surface area (Å²) in [6.45, 7) is 2.10. The second kappa shape index (κ2) is 6.05. The number of hydrazine groups is 1. The number of hydrogen-bond donors (Lipinski definition) is 1. The second-order valence-corrected chi connectivity index (χ2v) is 4.39. The Balaban J connectivity index is 2.04. The number of hydrogen-bond acceptors (Lipinski definition) is 2. The molecule has 3 heteroatoms. The minimum absolute atomic E-state index is 0.103. The number of benzene rings is 2. The Hall–Kier alpha value is -2.29. The van der Waals surface area contributed by atoms with Crippen molar-refractivity contribution in [2.45, 2.75) is 13.3 Å². The maximum absolute atomic E-state index is 12.1. The standard InChI is InChI=1S/C16H18N2O/c1-3-13-9-11-14(12-10-13)16(19)17-18(2)15-7-5-4-6-8-15/h4-12H,3H2,1-2H3,(H,17,19). The molecule has 0 aliphatic rings. The van der Waals surface area contributed by atoms with Crippen molar-refractivity contribution in [2.24, 2.45) is 0 Å². The molecule has 0 atom stereocenters. The Labute approximate surface area is 113 Å². The minimum atomic E-state index is -0.103. The van der Waals surface area contributed by atoms with Crippen molar-refractivity contribution < 1.29 is 4.79 Å².